The first kappa shape index (κ1) is 45.5. The highest BCUT2D eigenvalue weighted by molar-refractivity contribution is 6.76. The van der Waals surface area contributed by atoms with Crippen molar-refractivity contribution in [2.45, 2.75) is 75.3 Å². The van der Waals surface area contributed by atoms with Gasteiger partial charge in [-0.15, -0.1) is 0 Å². The number of para-hydroxylation sites is 4. The van der Waals surface area contributed by atoms with Crippen LogP contribution in [0.25, 0.3) is 61.9 Å². The molecule has 10 aromatic rings. The van der Waals surface area contributed by atoms with Crippen LogP contribution in [0.3, 0.4) is 0 Å². The summed E-state index contributed by atoms with van der Waals surface area (Å²) in [6.45, 7) is 0. The van der Waals surface area contributed by atoms with Gasteiger partial charge >= 0.3 is 0 Å². The molecule has 2 aliphatic carbocycles. The summed E-state index contributed by atoms with van der Waals surface area (Å²) < 4.78 is 2.47. The summed E-state index contributed by atoms with van der Waals surface area (Å²) in [5.41, 5.74) is 18.2. The molecule has 2 saturated carbocycles. The van der Waals surface area contributed by atoms with Gasteiger partial charge in [0.1, 0.15) is 0 Å². The van der Waals surface area contributed by atoms with Crippen LogP contribution in [-0.4, -0.2) is 13.4 Å². The number of aromatic nitrogens is 1. The fourth-order valence-electron chi connectivity index (χ4n) is 12.3. The SMILES string of the molecule is C(=C\c1ccc2c3ccc(-c4ccc([SiH](C5CCCCC5)C5CCCCC5)cc4)cc3n(-c3ccccc3)c2c1)/c1ccc(-c2ccc(N(c3ccccc3)c3ccccc3)cc2Nc2ccccc2)cc1. The highest BCUT2D eigenvalue weighted by Gasteiger charge is 2.34. The number of anilines is 5. The minimum Gasteiger partial charge on any atom is -0.355 e. The lowest BCUT2D eigenvalue weighted by atomic mass is 9.99. The second-order valence-electron chi connectivity index (χ2n) is 20.3. The topological polar surface area (TPSA) is 20.2 Å². The first-order valence-electron chi connectivity index (χ1n) is 26.6. The van der Waals surface area contributed by atoms with Crippen molar-refractivity contribution in [2.75, 3.05) is 10.2 Å². The van der Waals surface area contributed by atoms with Crippen molar-refractivity contribution in [3.8, 4) is 27.9 Å². The molecule has 1 N–H and O–H groups in total. The molecular weight excluding hydrogens is 887 g/mol. The minimum absolute atomic E-state index is 0.982. The Balaban J connectivity index is 0.844. The number of fused-ring (bicyclic) bond motifs is 3. The molecule has 9 aromatic carbocycles. The second-order valence-corrected chi connectivity index (χ2v) is 23.9. The normalized spacial score (nSPS) is 14.6. The lowest BCUT2D eigenvalue weighted by molar-refractivity contribution is 0.465. The summed E-state index contributed by atoms with van der Waals surface area (Å²) >= 11 is 0. The van der Waals surface area contributed by atoms with E-state index in [1.54, 1.807) is 5.19 Å². The first-order valence-corrected chi connectivity index (χ1v) is 28.5. The molecule has 2 aliphatic rings. The van der Waals surface area contributed by atoms with Gasteiger partial charge in [0.05, 0.1) is 19.8 Å². The molecular formula is C68H63N3Si. The highest BCUT2D eigenvalue weighted by Crippen LogP contribution is 2.43. The molecule has 4 heteroatoms. The van der Waals surface area contributed by atoms with Crippen molar-refractivity contribution in [3.05, 3.63) is 236 Å². The third-order valence-corrected chi connectivity index (χ3v) is 20.3. The molecule has 2 fully saturated rings. The Morgan fingerprint density at radius 1 is 0.417 bits per heavy atom. The van der Waals surface area contributed by atoms with Crippen LogP contribution in [-0.2, 0) is 0 Å². The zero-order valence-electron chi connectivity index (χ0n) is 41.2. The Morgan fingerprint density at radius 3 is 1.56 bits per heavy atom. The van der Waals surface area contributed by atoms with E-state index in [1.807, 2.05) is 0 Å². The van der Waals surface area contributed by atoms with Gasteiger partial charge < -0.3 is 14.8 Å². The summed E-state index contributed by atoms with van der Waals surface area (Å²) in [5.74, 6) is 0. The first-order chi connectivity index (χ1) is 35.7. The largest absolute Gasteiger partial charge is 0.355 e. The van der Waals surface area contributed by atoms with Gasteiger partial charge in [-0.05, 0) is 112 Å². The average Bonchev–Trinajstić information content (AvgIpc) is 3.78. The second kappa shape index (κ2) is 21.0. The number of hydrogen-bond donors (Lipinski definition) is 1. The summed E-state index contributed by atoms with van der Waals surface area (Å²) in [4.78, 5) is 2.31. The predicted molar refractivity (Wildman–Crippen MR) is 312 cm³/mol. The van der Waals surface area contributed by atoms with Crippen molar-refractivity contribution in [1.29, 1.82) is 0 Å². The van der Waals surface area contributed by atoms with Crippen LogP contribution in [0.2, 0.25) is 11.1 Å². The van der Waals surface area contributed by atoms with Gasteiger partial charge in [0.15, 0.2) is 0 Å². The minimum atomic E-state index is -1.07. The van der Waals surface area contributed by atoms with E-state index in [0.29, 0.717) is 0 Å². The molecule has 72 heavy (non-hydrogen) atoms. The fourth-order valence-corrected chi connectivity index (χ4v) is 17.1. The Labute approximate surface area is 427 Å². The maximum absolute atomic E-state index is 3.77. The van der Waals surface area contributed by atoms with Crippen LogP contribution < -0.4 is 15.4 Å². The zero-order chi connectivity index (χ0) is 48.1. The van der Waals surface area contributed by atoms with Gasteiger partial charge in [0.2, 0.25) is 0 Å². The van der Waals surface area contributed by atoms with Gasteiger partial charge in [0, 0.05) is 50.5 Å². The van der Waals surface area contributed by atoms with Crippen LogP contribution >= 0.6 is 0 Å². The van der Waals surface area contributed by atoms with Gasteiger partial charge in [-0.25, -0.2) is 0 Å². The molecule has 0 aliphatic heterocycles. The number of hydrogen-bond acceptors (Lipinski definition) is 2. The third-order valence-electron chi connectivity index (χ3n) is 15.8. The van der Waals surface area contributed by atoms with Gasteiger partial charge in [0.25, 0.3) is 0 Å². The summed E-state index contributed by atoms with van der Waals surface area (Å²) in [7, 11) is -1.07. The smallest absolute Gasteiger partial charge is 0.0769 e. The maximum Gasteiger partial charge on any atom is 0.0769 e. The average molecular weight is 950 g/mol. The van der Waals surface area contributed by atoms with Gasteiger partial charge in [-0.1, -0.05) is 233 Å². The quantitative estimate of drug-likeness (QED) is 0.0918. The Morgan fingerprint density at radius 2 is 0.931 bits per heavy atom. The lowest BCUT2D eigenvalue weighted by Gasteiger charge is -2.37. The lowest BCUT2D eigenvalue weighted by Crippen LogP contribution is -2.41. The van der Waals surface area contributed by atoms with E-state index in [9.17, 15) is 0 Å². The van der Waals surface area contributed by atoms with E-state index in [4.69, 9.17) is 0 Å². The molecule has 0 atom stereocenters. The standard InChI is InChI=1S/C68H63N3Si/c1-7-19-55(20-8-1)69-66-49-59(70(56-21-9-2-10-22-56)57-23-11-3-12-24-57)41-46-63(66)53-36-33-50(34-37-53)31-32-51-35-44-64-65-45-40-54(48-68(65)71(67(64)47-51)58-25-13-4-14-26-58)52-38-42-62(43-39-52)72(60-27-15-5-16-28-60)61-29-17-6-18-30-61/h1-4,7-14,19-26,31-49,60-61,69,72H,5-6,15-18,27-30H2/b32-31+. The van der Waals surface area contributed by atoms with Crippen LogP contribution in [0, 0.1) is 0 Å². The molecule has 0 saturated heterocycles. The third kappa shape index (κ3) is 9.60. The Bertz CT molecular complexity index is 3370. The molecule has 0 radical (unpaired) electrons. The molecule has 1 aromatic heterocycles. The van der Waals surface area contributed by atoms with E-state index in [2.05, 4.69) is 251 Å². The van der Waals surface area contributed by atoms with Crippen molar-refractivity contribution >= 4 is 76.4 Å². The van der Waals surface area contributed by atoms with Crippen LogP contribution in [0.15, 0.2) is 224 Å². The summed E-state index contributed by atoms with van der Waals surface area (Å²) in [6.07, 6.45) is 19.0. The fraction of sp³-hybridized carbons (Fsp3) is 0.176. The molecule has 0 spiro atoms. The van der Waals surface area contributed by atoms with E-state index < -0.39 is 8.80 Å². The monoisotopic (exact) mass is 949 g/mol. The molecule has 3 nitrogen and oxygen atoms in total. The summed E-state index contributed by atoms with van der Waals surface area (Å²) in [6, 6.07) is 82.3. The Kier molecular flexibility index (Phi) is 13.2. The zero-order valence-corrected chi connectivity index (χ0v) is 42.4. The van der Waals surface area contributed by atoms with Crippen LogP contribution in [0.1, 0.15) is 75.3 Å². The molecule has 0 amide bonds. The van der Waals surface area contributed by atoms with E-state index in [1.165, 1.54) is 108 Å². The molecule has 354 valence electrons. The number of benzene rings is 9. The predicted octanol–water partition coefficient (Wildman–Crippen LogP) is 18.6. The molecule has 1 heterocycles. The number of rotatable bonds is 13. The van der Waals surface area contributed by atoms with Crippen LogP contribution in [0.4, 0.5) is 28.4 Å². The van der Waals surface area contributed by atoms with E-state index >= 15 is 0 Å². The highest BCUT2D eigenvalue weighted by atomic mass is 28.3. The molecule has 0 unspecified atom stereocenters. The van der Waals surface area contributed by atoms with Crippen molar-refractivity contribution < 1.29 is 0 Å². The van der Waals surface area contributed by atoms with Crippen molar-refractivity contribution in [2.24, 2.45) is 0 Å². The number of nitrogens with one attached hydrogen (secondary N) is 1. The number of nitrogens with zero attached hydrogens (tertiary/aromatic N) is 2. The van der Waals surface area contributed by atoms with Crippen molar-refractivity contribution in [3.63, 3.8) is 0 Å². The maximum atomic E-state index is 3.77. The van der Waals surface area contributed by atoms with Crippen molar-refractivity contribution in [1.82, 2.24) is 4.57 Å². The Hall–Kier alpha value is -7.66. The summed E-state index contributed by atoms with van der Waals surface area (Å²) in [5, 5.41) is 8.04. The molecule has 12 rings (SSSR count). The molecule has 0 bridgehead atoms. The van der Waals surface area contributed by atoms with E-state index in [-0.39, 0.29) is 0 Å². The van der Waals surface area contributed by atoms with E-state index in [0.717, 1.165) is 56.2 Å². The van der Waals surface area contributed by atoms with Crippen LogP contribution in [0.5, 0.6) is 0 Å². The van der Waals surface area contributed by atoms with Gasteiger partial charge in [-0.3, -0.25) is 0 Å². The van der Waals surface area contributed by atoms with Gasteiger partial charge in [-0.2, -0.15) is 0 Å².